The molecule has 0 saturated heterocycles. The van der Waals surface area contributed by atoms with Crippen LogP contribution in [0.2, 0.25) is 0 Å². The average molecular weight is 215 g/mol. The van der Waals surface area contributed by atoms with Crippen LogP contribution in [0.15, 0.2) is 12.7 Å². The molecule has 0 saturated carbocycles. The van der Waals surface area contributed by atoms with E-state index in [1.807, 2.05) is 17.8 Å². The van der Waals surface area contributed by atoms with Crippen molar-refractivity contribution < 1.29 is 0 Å². The number of thioether (sulfide) groups is 1. The zero-order valence-electron chi connectivity index (χ0n) is 9.56. The fourth-order valence-electron chi connectivity index (χ4n) is 1.29. The Kier molecular flexibility index (Phi) is 13.1. The van der Waals surface area contributed by atoms with E-state index in [0.717, 1.165) is 12.3 Å². The molecular formula is C12H25NS. The van der Waals surface area contributed by atoms with E-state index >= 15 is 0 Å². The molecule has 0 unspecified atom stereocenters. The van der Waals surface area contributed by atoms with Gasteiger partial charge in [0.2, 0.25) is 0 Å². The van der Waals surface area contributed by atoms with E-state index in [4.69, 9.17) is 0 Å². The van der Waals surface area contributed by atoms with Crippen molar-refractivity contribution in [2.45, 2.75) is 39.0 Å². The summed E-state index contributed by atoms with van der Waals surface area (Å²) in [7, 11) is 0. The number of rotatable bonds is 11. The highest BCUT2D eigenvalue weighted by Crippen LogP contribution is 2.01. The molecule has 0 aromatic heterocycles. The van der Waals surface area contributed by atoms with Crippen LogP contribution in [0.5, 0.6) is 0 Å². The smallest absolute Gasteiger partial charge is 0.0111 e. The van der Waals surface area contributed by atoms with E-state index < -0.39 is 0 Å². The van der Waals surface area contributed by atoms with Gasteiger partial charge in [0.05, 0.1) is 0 Å². The van der Waals surface area contributed by atoms with Crippen LogP contribution in [0, 0.1) is 0 Å². The first-order valence-electron chi connectivity index (χ1n) is 5.81. The molecule has 84 valence electrons. The first-order chi connectivity index (χ1) is 6.91. The van der Waals surface area contributed by atoms with E-state index in [2.05, 4.69) is 18.8 Å². The Morgan fingerprint density at radius 2 is 1.93 bits per heavy atom. The quantitative estimate of drug-likeness (QED) is 0.418. The molecule has 0 aromatic carbocycles. The molecule has 1 nitrogen and oxygen atoms in total. The predicted molar refractivity (Wildman–Crippen MR) is 69.2 cm³/mol. The van der Waals surface area contributed by atoms with Crippen molar-refractivity contribution in [3.8, 4) is 0 Å². The SMILES string of the molecule is C=CCSCCNCCCCCCC. The van der Waals surface area contributed by atoms with Gasteiger partial charge in [0.25, 0.3) is 0 Å². The van der Waals surface area contributed by atoms with Crippen LogP contribution >= 0.6 is 11.8 Å². The second kappa shape index (κ2) is 13.1. The molecule has 0 aliphatic heterocycles. The van der Waals surface area contributed by atoms with Crippen LogP contribution in [0.25, 0.3) is 0 Å². The monoisotopic (exact) mass is 215 g/mol. The lowest BCUT2D eigenvalue weighted by molar-refractivity contribution is 0.595. The third-order valence-electron chi connectivity index (χ3n) is 2.12. The molecule has 0 rings (SSSR count). The molecule has 0 spiro atoms. The highest BCUT2D eigenvalue weighted by Gasteiger charge is 1.89. The Morgan fingerprint density at radius 1 is 1.14 bits per heavy atom. The first-order valence-corrected chi connectivity index (χ1v) is 6.96. The lowest BCUT2D eigenvalue weighted by atomic mass is 10.1. The normalized spacial score (nSPS) is 10.4. The highest BCUT2D eigenvalue weighted by atomic mass is 32.2. The second-order valence-electron chi connectivity index (χ2n) is 3.53. The summed E-state index contributed by atoms with van der Waals surface area (Å²) in [5, 5.41) is 3.47. The maximum absolute atomic E-state index is 3.70. The molecule has 0 bridgehead atoms. The van der Waals surface area contributed by atoms with Crippen molar-refractivity contribution in [3.05, 3.63) is 12.7 Å². The molecule has 0 aliphatic carbocycles. The minimum Gasteiger partial charge on any atom is -0.316 e. The first kappa shape index (κ1) is 14.1. The van der Waals surface area contributed by atoms with Gasteiger partial charge in [0, 0.05) is 18.1 Å². The summed E-state index contributed by atoms with van der Waals surface area (Å²) in [6.07, 6.45) is 8.84. The van der Waals surface area contributed by atoms with Crippen molar-refractivity contribution in [2.75, 3.05) is 24.6 Å². The van der Waals surface area contributed by atoms with Crippen molar-refractivity contribution >= 4 is 11.8 Å². The lowest BCUT2D eigenvalue weighted by Crippen LogP contribution is -2.18. The third kappa shape index (κ3) is 12.0. The molecule has 2 heteroatoms. The number of hydrogen-bond acceptors (Lipinski definition) is 2. The summed E-state index contributed by atoms with van der Waals surface area (Å²) >= 11 is 1.94. The topological polar surface area (TPSA) is 12.0 Å². The van der Waals surface area contributed by atoms with Gasteiger partial charge in [-0.05, 0) is 13.0 Å². The van der Waals surface area contributed by atoms with E-state index in [-0.39, 0.29) is 0 Å². The Labute approximate surface area is 93.7 Å². The molecular weight excluding hydrogens is 190 g/mol. The summed E-state index contributed by atoms with van der Waals surface area (Å²) < 4.78 is 0. The van der Waals surface area contributed by atoms with E-state index in [9.17, 15) is 0 Å². The highest BCUT2D eigenvalue weighted by molar-refractivity contribution is 7.99. The Bertz CT molecular complexity index is 115. The van der Waals surface area contributed by atoms with Crippen LogP contribution in [0.1, 0.15) is 39.0 Å². The average Bonchev–Trinajstić information content (AvgIpc) is 2.21. The molecule has 0 heterocycles. The Balaban J connectivity index is 2.81. The van der Waals surface area contributed by atoms with Crippen LogP contribution in [0.3, 0.4) is 0 Å². The van der Waals surface area contributed by atoms with Gasteiger partial charge in [-0.25, -0.2) is 0 Å². The molecule has 1 N–H and O–H groups in total. The molecule has 0 amide bonds. The Hall–Kier alpha value is 0.0500. The van der Waals surface area contributed by atoms with Crippen LogP contribution in [-0.2, 0) is 0 Å². The van der Waals surface area contributed by atoms with Gasteiger partial charge in [-0.1, -0.05) is 38.7 Å². The van der Waals surface area contributed by atoms with Crippen LogP contribution in [0.4, 0.5) is 0 Å². The van der Waals surface area contributed by atoms with Gasteiger partial charge < -0.3 is 5.32 Å². The van der Waals surface area contributed by atoms with Crippen molar-refractivity contribution in [2.24, 2.45) is 0 Å². The van der Waals surface area contributed by atoms with Crippen molar-refractivity contribution in [1.82, 2.24) is 5.32 Å². The zero-order valence-corrected chi connectivity index (χ0v) is 10.4. The van der Waals surface area contributed by atoms with Crippen molar-refractivity contribution in [1.29, 1.82) is 0 Å². The number of nitrogens with one attached hydrogen (secondary N) is 1. The van der Waals surface area contributed by atoms with Crippen molar-refractivity contribution in [3.63, 3.8) is 0 Å². The molecule has 14 heavy (non-hydrogen) atoms. The van der Waals surface area contributed by atoms with Gasteiger partial charge in [0.1, 0.15) is 0 Å². The summed E-state index contributed by atoms with van der Waals surface area (Å²) in [4.78, 5) is 0. The zero-order chi connectivity index (χ0) is 10.5. The van der Waals surface area contributed by atoms with E-state index in [1.165, 1.54) is 44.4 Å². The van der Waals surface area contributed by atoms with E-state index in [0.29, 0.717) is 0 Å². The largest absolute Gasteiger partial charge is 0.316 e. The summed E-state index contributed by atoms with van der Waals surface area (Å²) in [5.74, 6) is 2.29. The maximum Gasteiger partial charge on any atom is 0.0111 e. The third-order valence-corrected chi connectivity index (χ3v) is 3.08. The number of hydrogen-bond donors (Lipinski definition) is 1. The molecule has 0 atom stereocenters. The lowest BCUT2D eigenvalue weighted by Gasteiger charge is -2.03. The van der Waals surface area contributed by atoms with Gasteiger partial charge in [-0.2, -0.15) is 11.8 Å². The molecule has 0 aromatic rings. The molecule has 0 radical (unpaired) electrons. The maximum atomic E-state index is 3.70. The van der Waals surface area contributed by atoms with Gasteiger partial charge >= 0.3 is 0 Å². The summed E-state index contributed by atoms with van der Waals surface area (Å²) in [6.45, 7) is 8.29. The molecule has 0 aliphatic rings. The summed E-state index contributed by atoms with van der Waals surface area (Å²) in [6, 6.07) is 0. The minimum absolute atomic E-state index is 1.08. The molecule has 0 fully saturated rings. The fourth-order valence-corrected chi connectivity index (χ4v) is 1.91. The second-order valence-corrected chi connectivity index (χ2v) is 4.68. The van der Waals surface area contributed by atoms with Gasteiger partial charge in [0.15, 0.2) is 0 Å². The van der Waals surface area contributed by atoms with Gasteiger partial charge in [-0.15, -0.1) is 6.58 Å². The number of unbranched alkanes of at least 4 members (excludes halogenated alkanes) is 4. The van der Waals surface area contributed by atoms with Crippen LogP contribution < -0.4 is 5.32 Å². The summed E-state index contributed by atoms with van der Waals surface area (Å²) in [5.41, 5.74) is 0. The minimum atomic E-state index is 1.08. The Morgan fingerprint density at radius 3 is 2.64 bits per heavy atom. The van der Waals surface area contributed by atoms with Gasteiger partial charge in [-0.3, -0.25) is 0 Å². The predicted octanol–water partition coefficient (Wildman–Crippen LogP) is 3.47. The van der Waals surface area contributed by atoms with Crippen LogP contribution in [-0.4, -0.2) is 24.6 Å². The van der Waals surface area contributed by atoms with E-state index in [1.54, 1.807) is 0 Å². The fraction of sp³-hybridized carbons (Fsp3) is 0.833. The standard InChI is InChI=1S/C12H25NS/c1-3-5-6-7-8-9-13-10-12-14-11-4-2/h4,13H,2-3,5-12H2,1H3.